The molecule has 1 heterocycles. The molecule has 2 aromatic rings. The normalized spacial score (nSPS) is 15.3. The maximum atomic E-state index is 12.3. The summed E-state index contributed by atoms with van der Waals surface area (Å²) in [5, 5.41) is 12.3. The average Bonchev–Trinajstić information content (AvgIpc) is 2.87. The molecular formula is C20H23N3O3. The van der Waals surface area contributed by atoms with Gasteiger partial charge >= 0.3 is 5.97 Å². The van der Waals surface area contributed by atoms with E-state index in [9.17, 15) is 14.7 Å². The quantitative estimate of drug-likeness (QED) is 0.884. The number of hydrogen-bond acceptors (Lipinski definition) is 4. The molecule has 0 spiro atoms. The molecule has 1 amide bonds. The van der Waals surface area contributed by atoms with Gasteiger partial charge in [0.15, 0.2) is 0 Å². The lowest BCUT2D eigenvalue weighted by molar-refractivity contribution is 0.0698. The molecule has 2 N–H and O–H groups in total. The van der Waals surface area contributed by atoms with Gasteiger partial charge in [-0.05, 0) is 50.3 Å². The number of hydrogen-bond donors (Lipinski definition) is 2. The van der Waals surface area contributed by atoms with E-state index in [1.165, 1.54) is 0 Å². The van der Waals surface area contributed by atoms with Crippen LogP contribution >= 0.6 is 0 Å². The zero-order valence-corrected chi connectivity index (χ0v) is 14.8. The van der Waals surface area contributed by atoms with E-state index < -0.39 is 5.97 Å². The Balaban J connectivity index is 1.83. The smallest absolute Gasteiger partial charge is 0.337 e. The molecule has 136 valence electrons. The highest BCUT2D eigenvalue weighted by Gasteiger charge is 2.18. The molecule has 1 fully saturated rings. The first-order valence-electron chi connectivity index (χ1n) is 8.72. The molecule has 6 heteroatoms. The number of rotatable bonds is 4. The van der Waals surface area contributed by atoms with Crippen LogP contribution in [0.1, 0.15) is 27.1 Å². The predicted octanol–water partition coefficient (Wildman–Crippen LogP) is 2.78. The number of carbonyl (C=O) groups excluding carboxylic acids is 1. The number of benzene rings is 2. The number of nitrogens with one attached hydrogen (secondary N) is 1. The van der Waals surface area contributed by atoms with Crippen molar-refractivity contribution in [3.63, 3.8) is 0 Å². The summed E-state index contributed by atoms with van der Waals surface area (Å²) >= 11 is 0. The fourth-order valence-electron chi connectivity index (χ4n) is 3.10. The third-order valence-electron chi connectivity index (χ3n) is 4.60. The molecule has 2 aromatic carbocycles. The Morgan fingerprint density at radius 2 is 1.77 bits per heavy atom. The number of carboxylic acids is 1. The molecule has 1 saturated heterocycles. The number of aromatic carboxylic acids is 1. The van der Waals surface area contributed by atoms with Gasteiger partial charge in [-0.25, -0.2) is 4.79 Å². The van der Waals surface area contributed by atoms with Crippen LogP contribution < -0.4 is 10.2 Å². The van der Waals surface area contributed by atoms with Gasteiger partial charge in [0.25, 0.3) is 5.91 Å². The third-order valence-corrected chi connectivity index (χ3v) is 4.60. The van der Waals surface area contributed by atoms with Gasteiger partial charge in [-0.2, -0.15) is 0 Å². The van der Waals surface area contributed by atoms with Gasteiger partial charge in [-0.15, -0.1) is 0 Å². The van der Waals surface area contributed by atoms with E-state index in [4.69, 9.17) is 0 Å². The van der Waals surface area contributed by atoms with Crippen LogP contribution in [0.5, 0.6) is 0 Å². The lowest BCUT2D eigenvalue weighted by Gasteiger charge is -2.24. The second kappa shape index (κ2) is 8.01. The van der Waals surface area contributed by atoms with Crippen LogP contribution in [-0.2, 0) is 0 Å². The molecule has 0 unspecified atom stereocenters. The van der Waals surface area contributed by atoms with E-state index in [0.29, 0.717) is 11.3 Å². The van der Waals surface area contributed by atoms with E-state index >= 15 is 0 Å². The highest BCUT2D eigenvalue weighted by atomic mass is 16.4. The second-order valence-electron chi connectivity index (χ2n) is 6.50. The number of nitrogens with zero attached hydrogens (tertiary/aromatic N) is 2. The van der Waals surface area contributed by atoms with Crippen molar-refractivity contribution in [2.75, 3.05) is 43.4 Å². The Hall–Kier alpha value is -2.86. The lowest BCUT2D eigenvalue weighted by Crippen LogP contribution is -2.29. The van der Waals surface area contributed by atoms with Gasteiger partial charge < -0.3 is 20.2 Å². The maximum Gasteiger partial charge on any atom is 0.337 e. The number of anilines is 2. The first-order valence-corrected chi connectivity index (χ1v) is 8.72. The van der Waals surface area contributed by atoms with Crippen LogP contribution in [0.2, 0.25) is 0 Å². The standard InChI is InChI=1S/C20H23N3O3/c1-22-10-5-11-23(13-12-22)16-8-9-18(17(14-16)20(25)26)21-19(24)15-6-3-2-4-7-15/h2-4,6-9,14H,5,10-13H2,1H3,(H,21,24)(H,25,26). The first-order chi connectivity index (χ1) is 12.5. The molecule has 1 aliphatic rings. The number of likely N-dealkylation sites (N-methyl/N-ethyl adjacent to an activating group) is 1. The topological polar surface area (TPSA) is 72.9 Å². The third kappa shape index (κ3) is 4.21. The summed E-state index contributed by atoms with van der Waals surface area (Å²) in [7, 11) is 2.09. The molecule has 1 aliphatic heterocycles. The van der Waals surface area contributed by atoms with Gasteiger partial charge in [0.1, 0.15) is 0 Å². The minimum Gasteiger partial charge on any atom is -0.478 e. The highest BCUT2D eigenvalue weighted by molar-refractivity contribution is 6.08. The van der Waals surface area contributed by atoms with Crippen molar-refractivity contribution in [3.8, 4) is 0 Å². The van der Waals surface area contributed by atoms with Crippen molar-refractivity contribution in [3.05, 3.63) is 59.7 Å². The van der Waals surface area contributed by atoms with Crippen LogP contribution in [0.15, 0.2) is 48.5 Å². The van der Waals surface area contributed by atoms with Crippen molar-refractivity contribution in [2.24, 2.45) is 0 Å². The van der Waals surface area contributed by atoms with Crippen molar-refractivity contribution in [2.45, 2.75) is 6.42 Å². The summed E-state index contributed by atoms with van der Waals surface area (Å²) in [6.07, 6.45) is 1.03. The summed E-state index contributed by atoms with van der Waals surface area (Å²) in [5.41, 5.74) is 1.77. The van der Waals surface area contributed by atoms with Gasteiger partial charge in [0.05, 0.1) is 11.3 Å². The second-order valence-corrected chi connectivity index (χ2v) is 6.50. The fourth-order valence-corrected chi connectivity index (χ4v) is 3.10. The average molecular weight is 353 g/mol. The molecule has 3 rings (SSSR count). The van der Waals surface area contributed by atoms with Gasteiger partial charge in [0, 0.05) is 30.9 Å². The molecule has 26 heavy (non-hydrogen) atoms. The fraction of sp³-hybridized carbons (Fsp3) is 0.300. The van der Waals surface area contributed by atoms with Crippen molar-refractivity contribution >= 4 is 23.3 Å². The van der Waals surface area contributed by atoms with E-state index in [2.05, 4.69) is 22.2 Å². The Morgan fingerprint density at radius 3 is 2.50 bits per heavy atom. The van der Waals surface area contributed by atoms with Crippen molar-refractivity contribution in [1.29, 1.82) is 0 Å². The van der Waals surface area contributed by atoms with Gasteiger partial charge in [-0.3, -0.25) is 4.79 Å². The maximum absolute atomic E-state index is 12.3. The molecule has 6 nitrogen and oxygen atoms in total. The van der Waals surface area contributed by atoms with Crippen LogP contribution in [0, 0.1) is 0 Å². The Kier molecular flexibility index (Phi) is 5.53. The first kappa shape index (κ1) is 17.9. The predicted molar refractivity (Wildman–Crippen MR) is 102 cm³/mol. The lowest BCUT2D eigenvalue weighted by atomic mass is 10.1. The van der Waals surface area contributed by atoms with E-state index in [-0.39, 0.29) is 11.5 Å². The molecular weight excluding hydrogens is 330 g/mol. The summed E-state index contributed by atoms with van der Waals surface area (Å²) in [6.45, 7) is 3.72. The minimum absolute atomic E-state index is 0.101. The Morgan fingerprint density at radius 1 is 1.00 bits per heavy atom. The van der Waals surface area contributed by atoms with E-state index in [1.54, 1.807) is 36.4 Å². The summed E-state index contributed by atoms with van der Waals surface area (Å²) < 4.78 is 0. The van der Waals surface area contributed by atoms with Crippen LogP contribution in [0.25, 0.3) is 0 Å². The number of carboxylic acid groups (broad SMARTS) is 1. The van der Waals surface area contributed by atoms with Crippen LogP contribution in [-0.4, -0.2) is 55.1 Å². The van der Waals surface area contributed by atoms with Crippen molar-refractivity contribution in [1.82, 2.24) is 4.90 Å². The molecule has 0 atom stereocenters. The minimum atomic E-state index is -1.05. The molecule has 0 saturated carbocycles. The molecule has 0 aromatic heterocycles. The monoisotopic (exact) mass is 353 g/mol. The Labute approximate surface area is 153 Å². The number of amides is 1. The summed E-state index contributed by atoms with van der Waals surface area (Å²) in [5.74, 6) is -1.38. The SMILES string of the molecule is CN1CCCN(c2ccc(NC(=O)c3ccccc3)c(C(=O)O)c2)CC1. The Bertz CT molecular complexity index is 792. The van der Waals surface area contributed by atoms with Crippen LogP contribution in [0.4, 0.5) is 11.4 Å². The van der Waals surface area contributed by atoms with Gasteiger partial charge in [-0.1, -0.05) is 18.2 Å². The van der Waals surface area contributed by atoms with Crippen molar-refractivity contribution < 1.29 is 14.7 Å². The molecule has 0 radical (unpaired) electrons. The van der Waals surface area contributed by atoms with Crippen LogP contribution in [0.3, 0.4) is 0 Å². The van der Waals surface area contributed by atoms with E-state index in [0.717, 1.165) is 38.3 Å². The van der Waals surface area contributed by atoms with Gasteiger partial charge in [0.2, 0.25) is 0 Å². The van der Waals surface area contributed by atoms with E-state index in [1.807, 2.05) is 12.1 Å². The number of carbonyl (C=O) groups is 2. The zero-order valence-electron chi connectivity index (χ0n) is 14.8. The zero-order chi connectivity index (χ0) is 18.5. The summed E-state index contributed by atoms with van der Waals surface area (Å²) in [6, 6.07) is 13.9. The summed E-state index contributed by atoms with van der Waals surface area (Å²) in [4.78, 5) is 28.5. The molecule has 0 bridgehead atoms. The molecule has 0 aliphatic carbocycles. The highest BCUT2D eigenvalue weighted by Crippen LogP contribution is 2.25. The largest absolute Gasteiger partial charge is 0.478 e.